The molecule has 124 valence electrons. The quantitative estimate of drug-likeness (QED) is 0.813. The van der Waals surface area contributed by atoms with Crippen LogP contribution < -0.4 is 4.74 Å². The standard InChI is InChI=1S/C16H19FN2O3S/c1-18-9-3-4-14(18)11-19(13-6-7-13)23(20,21)16-10-12(17)5-8-15(16)22-2/h3-5,8-10,13H,6-7,11H2,1-2H3. The Balaban J connectivity index is 2.02. The first-order valence-corrected chi connectivity index (χ1v) is 8.83. The number of benzene rings is 1. The maximum atomic E-state index is 13.6. The van der Waals surface area contributed by atoms with E-state index in [-0.39, 0.29) is 23.2 Å². The van der Waals surface area contributed by atoms with Gasteiger partial charge in [-0.3, -0.25) is 0 Å². The lowest BCUT2D eigenvalue weighted by Crippen LogP contribution is -2.33. The lowest BCUT2D eigenvalue weighted by Gasteiger charge is -2.23. The van der Waals surface area contributed by atoms with Gasteiger partial charge in [0.1, 0.15) is 16.5 Å². The van der Waals surface area contributed by atoms with Crippen LogP contribution in [0.2, 0.25) is 0 Å². The number of methoxy groups -OCH3 is 1. The molecular weight excluding hydrogens is 319 g/mol. The normalized spacial score (nSPS) is 15.1. The molecule has 1 heterocycles. The number of halogens is 1. The largest absolute Gasteiger partial charge is 0.495 e. The highest BCUT2D eigenvalue weighted by Crippen LogP contribution is 2.36. The second-order valence-corrected chi connectivity index (χ2v) is 7.55. The highest BCUT2D eigenvalue weighted by atomic mass is 32.2. The SMILES string of the molecule is COc1ccc(F)cc1S(=O)(=O)N(Cc1cccn1C)C1CC1. The summed E-state index contributed by atoms with van der Waals surface area (Å²) in [5.41, 5.74) is 0.885. The molecule has 0 N–H and O–H groups in total. The molecule has 23 heavy (non-hydrogen) atoms. The molecule has 7 heteroatoms. The van der Waals surface area contributed by atoms with E-state index in [2.05, 4.69) is 0 Å². The topological polar surface area (TPSA) is 51.5 Å². The van der Waals surface area contributed by atoms with Crippen molar-refractivity contribution in [3.63, 3.8) is 0 Å². The molecule has 5 nitrogen and oxygen atoms in total. The summed E-state index contributed by atoms with van der Waals surface area (Å²) in [7, 11) is -0.590. The van der Waals surface area contributed by atoms with E-state index in [1.165, 1.54) is 23.5 Å². The molecule has 0 aliphatic heterocycles. The van der Waals surface area contributed by atoms with E-state index in [1.54, 1.807) is 0 Å². The average Bonchev–Trinajstić information content (AvgIpc) is 3.27. The fourth-order valence-electron chi connectivity index (χ4n) is 2.57. The van der Waals surface area contributed by atoms with Crippen molar-refractivity contribution < 1.29 is 17.5 Å². The fraction of sp³-hybridized carbons (Fsp3) is 0.375. The number of ether oxygens (including phenoxy) is 1. The Morgan fingerprint density at radius 1 is 1.35 bits per heavy atom. The van der Waals surface area contributed by atoms with E-state index >= 15 is 0 Å². The highest BCUT2D eigenvalue weighted by Gasteiger charge is 2.39. The van der Waals surface area contributed by atoms with Crippen molar-refractivity contribution in [2.24, 2.45) is 7.05 Å². The van der Waals surface area contributed by atoms with Crippen LogP contribution in [0.15, 0.2) is 41.4 Å². The summed E-state index contributed by atoms with van der Waals surface area (Å²) >= 11 is 0. The maximum absolute atomic E-state index is 13.6. The molecule has 1 aliphatic carbocycles. The summed E-state index contributed by atoms with van der Waals surface area (Å²) < 4.78 is 48.1. The molecule has 1 aromatic carbocycles. The molecule has 1 aliphatic rings. The lowest BCUT2D eigenvalue weighted by atomic mass is 10.3. The molecule has 0 bridgehead atoms. The number of nitrogens with zero attached hydrogens (tertiary/aromatic N) is 2. The van der Waals surface area contributed by atoms with Gasteiger partial charge in [-0.15, -0.1) is 0 Å². The van der Waals surface area contributed by atoms with Crippen LogP contribution >= 0.6 is 0 Å². The van der Waals surface area contributed by atoms with Crippen molar-refractivity contribution in [2.75, 3.05) is 7.11 Å². The first-order chi connectivity index (χ1) is 10.9. The third-order valence-corrected chi connectivity index (χ3v) is 5.96. The van der Waals surface area contributed by atoms with Gasteiger partial charge in [-0.1, -0.05) is 0 Å². The predicted molar refractivity (Wildman–Crippen MR) is 84.1 cm³/mol. The summed E-state index contributed by atoms with van der Waals surface area (Å²) in [6.45, 7) is 0.260. The molecule has 2 aromatic rings. The number of hydrogen-bond donors (Lipinski definition) is 0. The van der Waals surface area contributed by atoms with Crippen LogP contribution in [0.1, 0.15) is 18.5 Å². The molecule has 0 unspecified atom stereocenters. The van der Waals surface area contributed by atoms with Crippen molar-refractivity contribution in [3.05, 3.63) is 48.0 Å². The third-order valence-electron chi connectivity index (χ3n) is 4.04. The van der Waals surface area contributed by atoms with Crippen LogP contribution in [-0.4, -0.2) is 30.4 Å². The van der Waals surface area contributed by atoms with Gasteiger partial charge < -0.3 is 9.30 Å². The molecule has 1 aromatic heterocycles. The maximum Gasteiger partial charge on any atom is 0.247 e. The zero-order valence-corrected chi connectivity index (χ0v) is 13.9. The third kappa shape index (κ3) is 3.11. The van der Waals surface area contributed by atoms with E-state index < -0.39 is 15.8 Å². The second-order valence-electron chi connectivity index (χ2n) is 5.69. The first kappa shape index (κ1) is 16.0. The van der Waals surface area contributed by atoms with Gasteiger partial charge in [0.25, 0.3) is 0 Å². The number of aryl methyl sites for hydroxylation is 1. The van der Waals surface area contributed by atoms with E-state index in [1.807, 2.05) is 29.9 Å². The van der Waals surface area contributed by atoms with E-state index in [4.69, 9.17) is 4.74 Å². The summed E-state index contributed by atoms with van der Waals surface area (Å²) in [4.78, 5) is -0.124. The van der Waals surface area contributed by atoms with Crippen LogP contribution in [0.3, 0.4) is 0 Å². The van der Waals surface area contributed by atoms with E-state index in [0.717, 1.165) is 24.6 Å². The number of sulfonamides is 1. The first-order valence-electron chi connectivity index (χ1n) is 7.39. The van der Waals surface area contributed by atoms with Gasteiger partial charge in [0.15, 0.2) is 0 Å². The Morgan fingerprint density at radius 2 is 2.09 bits per heavy atom. The smallest absolute Gasteiger partial charge is 0.247 e. The Labute approximate surface area is 135 Å². The zero-order valence-electron chi connectivity index (χ0n) is 13.1. The van der Waals surface area contributed by atoms with Gasteiger partial charge in [0, 0.05) is 25.0 Å². The fourth-order valence-corrected chi connectivity index (χ4v) is 4.40. The van der Waals surface area contributed by atoms with Gasteiger partial charge in [-0.2, -0.15) is 4.31 Å². The Bertz CT molecular complexity index is 812. The Morgan fingerprint density at radius 3 is 2.65 bits per heavy atom. The number of aromatic nitrogens is 1. The molecule has 1 fully saturated rings. The zero-order chi connectivity index (χ0) is 16.6. The molecule has 3 rings (SSSR count). The second kappa shape index (κ2) is 5.98. The van der Waals surface area contributed by atoms with Crippen LogP contribution in [-0.2, 0) is 23.6 Å². The molecule has 0 atom stereocenters. The van der Waals surface area contributed by atoms with Gasteiger partial charge in [-0.25, -0.2) is 12.8 Å². The van der Waals surface area contributed by atoms with Gasteiger partial charge in [0.05, 0.1) is 13.7 Å². The predicted octanol–water partition coefficient (Wildman–Crippen LogP) is 2.53. The van der Waals surface area contributed by atoms with Crippen molar-refractivity contribution in [2.45, 2.75) is 30.3 Å². The van der Waals surface area contributed by atoms with Crippen molar-refractivity contribution in [3.8, 4) is 5.75 Å². The van der Waals surface area contributed by atoms with Crippen molar-refractivity contribution in [1.29, 1.82) is 0 Å². The number of hydrogen-bond acceptors (Lipinski definition) is 3. The van der Waals surface area contributed by atoms with Crippen molar-refractivity contribution >= 4 is 10.0 Å². The van der Waals surface area contributed by atoms with Gasteiger partial charge in [-0.05, 0) is 43.2 Å². The Hall–Kier alpha value is -1.86. The molecule has 1 saturated carbocycles. The van der Waals surface area contributed by atoms with E-state index in [9.17, 15) is 12.8 Å². The minimum absolute atomic E-state index is 0.0390. The van der Waals surface area contributed by atoms with Crippen LogP contribution in [0.4, 0.5) is 4.39 Å². The number of rotatable bonds is 6. The minimum atomic E-state index is -3.84. The molecule has 0 spiro atoms. The van der Waals surface area contributed by atoms with Crippen LogP contribution in [0, 0.1) is 5.82 Å². The summed E-state index contributed by atoms with van der Waals surface area (Å²) in [6, 6.07) is 7.27. The average molecular weight is 338 g/mol. The lowest BCUT2D eigenvalue weighted by molar-refractivity contribution is 0.375. The van der Waals surface area contributed by atoms with E-state index in [0.29, 0.717) is 0 Å². The highest BCUT2D eigenvalue weighted by molar-refractivity contribution is 7.89. The molecule has 0 saturated heterocycles. The van der Waals surface area contributed by atoms with Crippen LogP contribution in [0.25, 0.3) is 0 Å². The molecular formula is C16H19FN2O3S. The summed E-state index contributed by atoms with van der Waals surface area (Å²) in [5.74, 6) is -0.442. The van der Waals surface area contributed by atoms with Crippen LogP contribution in [0.5, 0.6) is 5.75 Å². The minimum Gasteiger partial charge on any atom is -0.495 e. The summed E-state index contributed by atoms with van der Waals surface area (Å²) in [6.07, 6.45) is 3.51. The molecule has 0 amide bonds. The monoisotopic (exact) mass is 338 g/mol. The van der Waals surface area contributed by atoms with Gasteiger partial charge >= 0.3 is 0 Å². The summed E-state index contributed by atoms with van der Waals surface area (Å²) in [5, 5.41) is 0. The van der Waals surface area contributed by atoms with Crippen molar-refractivity contribution in [1.82, 2.24) is 8.87 Å². The molecule has 0 radical (unpaired) electrons. The van der Waals surface area contributed by atoms with Gasteiger partial charge in [0.2, 0.25) is 10.0 Å². The Kier molecular flexibility index (Phi) is 4.16.